The van der Waals surface area contributed by atoms with E-state index in [1.165, 1.54) is 11.0 Å². The predicted molar refractivity (Wildman–Crippen MR) is 107 cm³/mol. The van der Waals surface area contributed by atoms with Crippen molar-refractivity contribution in [3.63, 3.8) is 0 Å². The van der Waals surface area contributed by atoms with Gasteiger partial charge in [-0.25, -0.2) is 0 Å². The Labute approximate surface area is 163 Å². The number of hydrogen-bond donors (Lipinski definition) is 1. The second-order valence-corrected chi connectivity index (χ2v) is 7.49. The summed E-state index contributed by atoms with van der Waals surface area (Å²) in [7, 11) is 0. The first kappa shape index (κ1) is 19.0. The molecule has 0 atom stereocenters. The number of benzene rings is 2. The van der Waals surface area contributed by atoms with Crippen LogP contribution in [0.1, 0.15) is 18.4 Å². The zero-order valence-electron chi connectivity index (χ0n) is 14.0. The predicted octanol–water partition coefficient (Wildman–Crippen LogP) is 3.81. The Morgan fingerprint density at radius 3 is 2.74 bits per heavy atom. The number of nitrogens with zero attached hydrogens (tertiary/aromatic N) is 2. The number of carbonyl (C=O) groups excluding carboxylic acids is 1. The Kier molecular flexibility index (Phi) is 5.52. The van der Waals surface area contributed by atoms with Crippen molar-refractivity contribution in [1.29, 1.82) is 0 Å². The summed E-state index contributed by atoms with van der Waals surface area (Å²) in [5.74, 6) is -1.30. The molecule has 138 valence electrons. The van der Waals surface area contributed by atoms with Crippen molar-refractivity contribution < 1.29 is 19.6 Å². The van der Waals surface area contributed by atoms with Gasteiger partial charge < -0.3 is 5.11 Å². The van der Waals surface area contributed by atoms with Gasteiger partial charge in [0.1, 0.15) is 4.32 Å². The molecule has 2 aromatic carbocycles. The van der Waals surface area contributed by atoms with Gasteiger partial charge in [-0.2, -0.15) is 0 Å². The van der Waals surface area contributed by atoms with Crippen molar-refractivity contribution in [2.24, 2.45) is 0 Å². The monoisotopic (exact) mass is 402 g/mol. The number of aliphatic carboxylic acids is 1. The average Bonchev–Trinajstić information content (AvgIpc) is 2.88. The van der Waals surface area contributed by atoms with Crippen molar-refractivity contribution in [3.05, 3.63) is 57.0 Å². The lowest BCUT2D eigenvalue weighted by Gasteiger charge is -2.13. The SMILES string of the molecule is O=C(O)CCCN1C(=O)/C(=C/c2ccc3ccccc3c2[N+](=O)[O-])SC1=S. The van der Waals surface area contributed by atoms with E-state index in [9.17, 15) is 19.7 Å². The molecule has 3 rings (SSSR count). The Balaban J connectivity index is 1.94. The molecule has 27 heavy (non-hydrogen) atoms. The summed E-state index contributed by atoms with van der Waals surface area (Å²) in [5, 5.41) is 21.6. The van der Waals surface area contributed by atoms with Gasteiger partial charge in [0.25, 0.3) is 11.6 Å². The number of fused-ring (bicyclic) bond motifs is 1. The Morgan fingerprint density at radius 1 is 1.30 bits per heavy atom. The molecule has 1 aliphatic rings. The molecule has 1 aliphatic heterocycles. The zero-order chi connectivity index (χ0) is 19.6. The molecule has 0 aromatic heterocycles. The number of carboxylic acids is 1. The molecule has 0 spiro atoms. The van der Waals surface area contributed by atoms with E-state index in [2.05, 4.69) is 0 Å². The molecule has 9 heteroatoms. The maximum Gasteiger partial charge on any atom is 0.303 e. The fraction of sp³-hybridized carbons (Fsp3) is 0.167. The van der Waals surface area contributed by atoms with Crippen LogP contribution in [0, 0.1) is 10.1 Å². The molecule has 1 heterocycles. The van der Waals surface area contributed by atoms with Crippen molar-refractivity contribution in [3.8, 4) is 0 Å². The standard InChI is InChI=1S/C18H14N2O5S2/c21-15(22)6-3-9-19-17(23)14(27-18(19)26)10-12-8-7-11-4-1-2-5-13(11)16(12)20(24)25/h1-2,4-5,7-8,10H,3,6,9H2,(H,21,22)/b14-10-. The molecule has 7 nitrogen and oxygen atoms in total. The second-order valence-electron chi connectivity index (χ2n) is 5.81. The molecule has 1 amide bonds. The largest absolute Gasteiger partial charge is 0.481 e. The molecule has 1 fully saturated rings. The number of nitro groups is 1. The fourth-order valence-electron chi connectivity index (χ4n) is 2.81. The van der Waals surface area contributed by atoms with Gasteiger partial charge >= 0.3 is 5.97 Å². The van der Waals surface area contributed by atoms with Gasteiger partial charge in [-0.05, 0) is 30.0 Å². The molecule has 2 aromatic rings. The lowest BCUT2D eigenvalue weighted by atomic mass is 10.0. The third-order valence-corrected chi connectivity index (χ3v) is 5.42. The van der Waals surface area contributed by atoms with E-state index in [1.54, 1.807) is 36.4 Å². The highest BCUT2D eigenvalue weighted by Crippen LogP contribution is 2.36. The summed E-state index contributed by atoms with van der Waals surface area (Å²) < 4.78 is 0.320. The van der Waals surface area contributed by atoms with Crippen LogP contribution < -0.4 is 0 Å². The Hall–Kier alpha value is -2.78. The maximum atomic E-state index is 12.6. The molecular weight excluding hydrogens is 388 g/mol. The summed E-state index contributed by atoms with van der Waals surface area (Å²) in [6.45, 7) is 0.203. The first-order chi connectivity index (χ1) is 12.9. The van der Waals surface area contributed by atoms with Crippen LogP contribution in [0.15, 0.2) is 41.3 Å². The van der Waals surface area contributed by atoms with E-state index in [4.69, 9.17) is 17.3 Å². The van der Waals surface area contributed by atoms with Crippen LogP contribution in [0.25, 0.3) is 16.8 Å². The van der Waals surface area contributed by atoms with Gasteiger partial charge in [-0.1, -0.05) is 48.2 Å². The van der Waals surface area contributed by atoms with Crippen LogP contribution in [0.5, 0.6) is 0 Å². The normalized spacial score (nSPS) is 15.7. The van der Waals surface area contributed by atoms with Crippen LogP contribution in [0.2, 0.25) is 0 Å². The molecule has 0 aliphatic carbocycles. The average molecular weight is 402 g/mol. The summed E-state index contributed by atoms with van der Waals surface area (Å²) in [6, 6.07) is 10.4. The van der Waals surface area contributed by atoms with E-state index >= 15 is 0 Å². The highest BCUT2D eigenvalue weighted by Gasteiger charge is 2.32. The number of thioether (sulfide) groups is 1. The number of amides is 1. The summed E-state index contributed by atoms with van der Waals surface area (Å²) >= 11 is 6.26. The summed E-state index contributed by atoms with van der Waals surface area (Å²) in [5.41, 5.74) is 0.258. The van der Waals surface area contributed by atoms with Crippen LogP contribution in [-0.2, 0) is 9.59 Å². The smallest absolute Gasteiger partial charge is 0.303 e. The molecule has 0 unspecified atom stereocenters. The topological polar surface area (TPSA) is 101 Å². The van der Waals surface area contributed by atoms with Crippen LogP contribution in [0.3, 0.4) is 0 Å². The maximum absolute atomic E-state index is 12.6. The number of nitro benzene ring substituents is 1. The van der Waals surface area contributed by atoms with Gasteiger partial charge in [-0.3, -0.25) is 24.6 Å². The van der Waals surface area contributed by atoms with Crippen LogP contribution >= 0.6 is 24.0 Å². The third kappa shape index (κ3) is 3.99. The number of thiocarbonyl (C=S) groups is 1. The van der Waals surface area contributed by atoms with Crippen LogP contribution in [-0.4, -0.2) is 37.7 Å². The van der Waals surface area contributed by atoms with Crippen molar-refractivity contribution in [2.45, 2.75) is 12.8 Å². The summed E-state index contributed by atoms with van der Waals surface area (Å²) in [4.78, 5) is 36.0. The fourth-order valence-corrected chi connectivity index (χ4v) is 4.11. The zero-order valence-corrected chi connectivity index (χ0v) is 15.6. The van der Waals surface area contributed by atoms with Crippen molar-refractivity contribution in [2.75, 3.05) is 6.54 Å². The number of carboxylic acid groups (broad SMARTS) is 1. The Bertz CT molecular complexity index is 1000. The van der Waals surface area contributed by atoms with Crippen LogP contribution in [0.4, 0.5) is 5.69 Å². The second kappa shape index (κ2) is 7.85. The van der Waals surface area contributed by atoms with Gasteiger partial charge in [-0.15, -0.1) is 0 Å². The molecule has 1 saturated heterocycles. The third-order valence-electron chi connectivity index (χ3n) is 4.05. The first-order valence-electron chi connectivity index (χ1n) is 8.02. The lowest BCUT2D eigenvalue weighted by Crippen LogP contribution is -2.29. The molecule has 0 radical (unpaired) electrons. The lowest BCUT2D eigenvalue weighted by molar-refractivity contribution is -0.383. The van der Waals surface area contributed by atoms with Crippen molar-refractivity contribution in [1.82, 2.24) is 4.90 Å². The molecular formula is C18H14N2O5S2. The van der Waals surface area contributed by atoms with Gasteiger partial charge in [0.05, 0.1) is 20.8 Å². The summed E-state index contributed by atoms with van der Waals surface area (Å²) in [6.07, 6.45) is 1.69. The number of rotatable bonds is 6. The molecule has 1 N–H and O–H groups in total. The van der Waals surface area contributed by atoms with E-state index < -0.39 is 10.9 Å². The number of carbonyl (C=O) groups is 2. The van der Waals surface area contributed by atoms with Gasteiger partial charge in [0, 0.05) is 13.0 Å². The first-order valence-corrected chi connectivity index (χ1v) is 9.24. The molecule has 0 saturated carbocycles. The Morgan fingerprint density at radius 2 is 2.04 bits per heavy atom. The number of hydrogen-bond acceptors (Lipinski definition) is 6. The van der Waals surface area contributed by atoms with E-state index in [1.807, 2.05) is 0 Å². The van der Waals surface area contributed by atoms with E-state index in [-0.39, 0.29) is 35.9 Å². The van der Waals surface area contributed by atoms with Gasteiger partial charge in [0.15, 0.2) is 0 Å². The van der Waals surface area contributed by atoms with Gasteiger partial charge in [0.2, 0.25) is 0 Å². The van der Waals surface area contributed by atoms with E-state index in [0.717, 1.165) is 17.1 Å². The minimum absolute atomic E-state index is 0.0632. The quantitative estimate of drug-likeness (QED) is 0.339. The molecule has 0 bridgehead atoms. The minimum atomic E-state index is -0.942. The highest BCUT2D eigenvalue weighted by molar-refractivity contribution is 8.26. The van der Waals surface area contributed by atoms with E-state index in [0.29, 0.717) is 15.3 Å². The minimum Gasteiger partial charge on any atom is -0.481 e. The van der Waals surface area contributed by atoms with Crippen molar-refractivity contribution >= 4 is 62.7 Å². The highest BCUT2D eigenvalue weighted by atomic mass is 32.2.